The van der Waals surface area contributed by atoms with Crippen LogP contribution in [0.4, 0.5) is 17.1 Å². The number of hydrazine groups is 1. The van der Waals surface area contributed by atoms with Crippen LogP contribution in [-0.2, 0) is 35.1 Å². The molecule has 19 heteroatoms. The van der Waals surface area contributed by atoms with Gasteiger partial charge in [0, 0.05) is 20.0 Å². The Bertz CT molecular complexity index is 1850. The first-order valence-electron chi connectivity index (χ1n) is 10.2. The van der Waals surface area contributed by atoms with Crippen molar-refractivity contribution in [3.63, 3.8) is 0 Å². The Kier molecular flexibility index (Phi) is 7.99. The maximum atomic E-state index is 12.2. The van der Waals surface area contributed by atoms with Crippen molar-refractivity contribution in [2.45, 2.75) is 21.6 Å². The van der Waals surface area contributed by atoms with Crippen molar-refractivity contribution in [2.75, 3.05) is 19.2 Å². The summed E-state index contributed by atoms with van der Waals surface area (Å²) in [4.78, 5) is 9.51. The quantitative estimate of drug-likeness (QED) is 0.141. The minimum Gasteiger partial charge on any atom is -0.505 e. The fourth-order valence-corrected chi connectivity index (χ4v) is 5.35. The Hall–Kier alpha value is -3.72. The van der Waals surface area contributed by atoms with E-state index >= 15 is 0 Å². The highest BCUT2D eigenvalue weighted by Gasteiger charge is 2.28. The van der Waals surface area contributed by atoms with Crippen LogP contribution in [-0.4, -0.2) is 64.1 Å². The Balaban J connectivity index is 2.48. The van der Waals surface area contributed by atoms with Crippen molar-refractivity contribution in [3.05, 3.63) is 36.4 Å². The lowest BCUT2D eigenvalue weighted by atomic mass is 10.1. The lowest BCUT2D eigenvalue weighted by Crippen LogP contribution is -2.39. The van der Waals surface area contributed by atoms with Crippen molar-refractivity contribution in [1.82, 2.24) is 5.43 Å². The fraction of sp³-hybridized carbons (Fsp3) is 0.150. The molecule has 39 heavy (non-hydrogen) atoms. The van der Waals surface area contributed by atoms with Crippen LogP contribution in [0.25, 0.3) is 10.8 Å². The van der Waals surface area contributed by atoms with E-state index in [1.165, 1.54) is 20.2 Å². The van der Waals surface area contributed by atoms with Crippen LogP contribution in [0.1, 0.15) is 6.92 Å². The predicted octanol–water partition coefficient (Wildman–Crippen LogP) is 2.20. The van der Waals surface area contributed by atoms with Crippen LogP contribution in [0, 0.1) is 0 Å². The van der Waals surface area contributed by atoms with E-state index in [9.17, 15) is 48.8 Å². The molecule has 0 saturated heterocycles. The summed E-state index contributed by atoms with van der Waals surface area (Å²) >= 11 is 0. The molecule has 0 radical (unpaired) electrons. The molecule has 0 atom stereocenters. The molecular formula is C20H20N4O12S3. The normalized spacial score (nSPS) is 12.7. The molecule has 1 amide bonds. The van der Waals surface area contributed by atoms with E-state index in [1.54, 1.807) is 0 Å². The van der Waals surface area contributed by atoms with E-state index in [2.05, 4.69) is 15.7 Å². The number of nitrogens with one attached hydrogen (secondary N) is 1. The largest absolute Gasteiger partial charge is 0.505 e. The van der Waals surface area contributed by atoms with Crippen LogP contribution in [0.5, 0.6) is 11.5 Å². The molecule has 3 aromatic carbocycles. The molecule has 0 aromatic heterocycles. The number of phenolic OH excluding ortho intramolecular Hbond substituents is 1. The molecule has 0 fully saturated rings. The van der Waals surface area contributed by atoms with Gasteiger partial charge in [0.1, 0.15) is 26.9 Å². The molecule has 5 N–H and O–H groups in total. The average Bonchev–Trinajstić information content (AvgIpc) is 2.81. The third kappa shape index (κ3) is 6.14. The Morgan fingerprint density at radius 2 is 1.51 bits per heavy atom. The van der Waals surface area contributed by atoms with Gasteiger partial charge in [0.15, 0.2) is 5.75 Å². The van der Waals surface area contributed by atoms with Crippen LogP contribution in [0.3, 0.4) is 0 Å². The molecular weight excluding hydrogens is 584 g/mol. The van der Waals surface area contributed by atoms with Crippen LogP contribution >= 0.6 is 0 Å². The van der Waals surface area contributed by atoms with Crippen LogP contribution in [0.2, 0.25) is 0 Å². The first-order chi connectivity index (χ1) is 17.9. The number of amides is 1. The highest BCUT2D eigenvalue weighted by molar-refractivity contribution is 7.86. The molecule has 0 aliphatic rings. The fourth-order valence-electron chi connectivity index (χ4n) is 3.52. The number of ether oxygens (including phenoxy) is 1. The predicted molar refractivity (Wildman–Crippen MR) is 134 cm³/mol. The number of azo groups is 1. The van der Waals surface area contributed by atoms with Crippen molar-refractivity contribution in [2.24, 2.45) is 10.2 Å². The zero-order valence-electron chi connectivity index (χ0n) is 20.1. The first-order valence-corrected chi connectivity index (χ1v) is 14.6. The number of anilines is 1. The summed E-state index contributed by atoms with van der Waals surface area (Å²) in [5.74, 6) is -1.77. The molecule has 0 aliphatic carbocycles. The van der Waals surface area contributed by atoms with Gasteiger partial charge >= 0.3 is 0 Å². The number of rotatable bonds is 8. The third-order valence-corrected chi connectivity index (χ3v) is 7.74. The van der Waals surface area contributed by atoms with Crippen LogP contribution in [0.15, 0.2) is 61.3 Å². The lowest BCUT2D eigenvalue weighted by molar-refractivity contribution is -0.117. The Morgan fingerprint density at radius 3 is 2.00 bits per heavy atom. The van der Waals surface area contributed by atoms with Crippen molar-refractivity contribution >= 4 is 64.1 Å². The molecule has 16 nitrogen and oxygen atoms in total. The molecule has 3 rings (SSSR count). The van der Waals surface area contributed by atoms with Gasteiger partial charge in [-0.15, -0.1) is 10.2 Å². The minimum atomic E-state index is -5.21. The van der Waals surface area contributed by atoms with E-state index < -0.39 is 68.1 Å². The number of nitrogens with zero attached hydrogens (tertiary/aromatic N) is 3. The maximum absolute atomic E-state index is 12.2. The number of methoxy groups -OCH3 is 1. The van der Waals surface area contributed by atoms with E-state index in [0.717, 1.165) is 36.2 Å². The molecule has 0 unspecified atom stereocenters. The number of phenols is 1. The van der Waals surface area contributed by atoms with E-state index in [1.807, 2.05) is 0 Å². The average molecular weight is 605 g/mol. The third-order valence-electron chi connectivity index (χ3n) is 5.16. The maximum Gasteiger partial charge on any atom is 0.296 e. The molecule has 0 saturated carbocycles. The minimum absolute atomic E-state index is 0.00410. The molecule has 0 aliphatic heterocycles. The summed E-state index contributed by atoms with van der Waals surface area (Å²) in [6.07, 6.45) is 0. The van der Waals surface area contributed by atoms with Gasteiger partial charge < -0.3 is 9.84 Å². The Labute approximate surface area is 221 Å². The second-order valence-corrected chi connectivity index (χ2v) is 11.9. The van der Waals surface area contributed by atoms with Gasteiger partial charge in [-0.3, -0.25) is 18.5 Å². The number of benzene rings is 3. The summed E-state index contributed by atoms with van der Waals surface area (Å²) < 4.78 is 106. The standard InChI is InChI=1S/C20H20N4O12S3/c1-10(25)24(21-2)15-9-13(37(27,28)29)6-11-7-17(39(33,34)35)19(20(26)18(11)15)23-22-14-5-4-12(36-3)8-16(14)38(30,31)32/h4-9,21,26H,1-3H3,(H,27,28,29)(H,30,31,32)(H,33,34,35). The lowest BCUT2D eigenvalue weighted by Gasteiger charge is -2.23. The van der Waals surface area contributed by atoms with Crippen molar-refractivity contribution in [1.29, 1.82) is 0 Å². The summed E-state index contributed by atoms with van der Waals surface area (Å²) in [6, 6.07) is 5.40. The number of fused-ring (bicyclic) bond motifs is 1. The number of hydrogen-bond acceptors (Lipinski definition) is 12. The number of aromatic hydroxyl groups is 1. The summed E-state index contributed by atoms with van der Waals surface area (Å²) in [6.45, 7) is 1.06. The molecule has 0 heterocycles. The SMILES string of the molecule is CNN(C(C)=O)c1cc(S(=O)(=O)O)cc2cc(S(=O)(=O)O)c(N=Nc3ccc(OC)cc3S(=O)(=O)O)c(O)c12. The first kappa shape index (κ1) is 29.8. The van der Waals surface area contributed by atoms with Gasteiger partial charge in [-0.2, -0.15) is 25.3 Å². The molecule has 0 bridgehead atoms. The number of hydrogen-bond donors (Lipinski definition) is 5. The molecule has 3 aromatic rings. The number of carbonyl (C=O) groups excluding carboxylic acids is 1. The molecule has 0 spiro atoms. The van der Waals surface area contributed by atoms with Crippen molar-refractivity contribution in [3.8, 4) is 11.5 Å². The summed E-state index contributed by atoms with van der Waals surface area (Å²) in [7, 11) is -12.6. The van der Waals surface area contributed by atoms with Gasteiger partial charge in [-0.25, -0.2) is 10.4 Å². The van der Waals surface area contributed by atoms with E-state index in [4.69, 9.17) is 4.74 Å². The van der Waals surface area contributed by atoms with Crippen molar-refractivity contribution < 1.29 is 53.5 Å². The van der Waals surface area contributed by atoms with Gasteiger partial charge in [0.05, 0.1) is 23.1 Å². The highest BCUT2D eigenvalue weighted by atomic mass is 32.2. The van der Waals surface area contributed by atoms with Gasteiger partial charge in [0.2, 0.25) is 5.91 Å². The van der Waals surface area contributed by atoms with Gasteiger partial charge in [-0.05, 0) is 35.7 Å². The van der Waals surface area contributed by atoms with Gasteiger partial charge in [-0.1, -0.05) is 0 Å². The second kappa shape index (κ2) is 10.4. The number of carbonyl (C=O) groups is 1. The van der Waals surface area contributed by atoms with E-state index in [0.29, 0.717) is 6.07 Å². The van der Waals surface area contributed by atoms with Crippen LogP contribution < -0.4 is 15.2 Å². The molecule has 210 valence electrons. The van der Waals surface area contributed by atoms with Gasteiger partial charge in [0.25, 0.3) is 30.4 Å². The Morgan fingerprint density at radius 1 is 0.897 bits per heavy atom. The van der Waals surface area contributed by atoms with E-state index in [-0.39, 0.29) is 22.2 Å². The monoisotopic (exact) mass is 604 g/mol. The second-order valence-electron chi connectivity index (χ2n) is 7.65. The summed E-state index contributed by atoms with van der Waals surface area (Å²) in [5.41, 5.74) is 0.592. The topological polar surface area (TPSA) is 250 Å². The zero-order chi connectivity index (χ0) is 29.5. The summed E-state index contributed by atoms with van der Waals surface area (Å²) in [5, 5.41) is 18.3. The zero-order valence-corrected chi connectivity index (χ0v) is 22.5. The smallest absolute Gasteiger partial charge is 0.296 e. The highest BCUT2D eigenvalue weighted by Crippen LogP contribution is 2.46.